The van der Waals surface area contributed by atoms with Crippen molar-refractivity contribution in [2.75, 3.05) is 6.54 Å². The van der Waals surface area contributed by atoms with Crippen molar-refractivity contribution in [1.29, 1.82) is 0 Å². The van der Waals surface area contributed by atoms with Gasteiger partial charge in [-0.25, -0.2) is 0 Å². The first-order valence-electron chi connectivity index (χ1n) is 3.47. The van der Waals surface area contributed by atoms with Crippen molar-refractivity contribution in [3.05, 3.63) is 40.0 Å². The van der Waals surface area contributed by atoms with Gasteiger partial charge in [0.05, 0.1) is 6.54 Å². The Balaban J connectivity index is 0.00000121. The molecule has 0 bridgehead atoms. The van der Waals surface area contributed by atoms with Gasteiger partial charge in [0.15, 0.2) is 0 Å². The zero-order valence-corrected chi connectivity index (χ0v) is 9.60. The van der Waals surface area contributed by atoms with Gasteiger partial charge in [0.2, 0.25) is 0 Å². The standard InChI is InChI=1S/C9H10IN.ClH/c1-7(6-11)8-2-4-9(10)5-3-8;/h2-5H,1,6,11H2;1H. The molecule has 0 aliphatic rings. The van der Waals surface area contributed by atoms with Crippen molar-refractivity contribution < 1.29 is 18.1 Å². The van der Waals surface area contributed by atoms with Gasteiger partial charge in [-0.15, -0.1) is 0 Å². The van der Waals surface area contributed by atoms with Crippen LogP contribution >= 0.6 is 22.6 Å². The zero-order chi connectivity index (χ0) is 8.27. The van der Waals surface area contributed by atoms with Crippen LogP contribution in [-0.2, 0) is 0 Å². The molecule has 1 nitrogen and oxygen atoms in total. The summed E-state index contributed by atoms with van der Waals surface area (Å²) >= 11 is 2.29. The van der Waals surface area contributed by atoms with Crippen molar-refractivity contribution in [3.63, 3.8) is 0 Å². The van der Waals surface area contributed by atoms with Gasteiger partial charge >= 0.3 is 0 Å². The Morgan fingerprint density at radius 1 is 1.33 bits per heavy atom. The normalized spacial score (nSPS) is 8.83. The minimum Gasteiger partial charge on any atom is -1.00 e. The van der Waals surface area contributed by atoms with Gasteiger partial charge in [-0.1, -0.05) is 18.7 Å². The lowest BCUT2D eigenvalue weighted by atomic mass is 10.1. The van der Waals surface area contributed by atoms with Gasteiger partial charge in [-0.05, 0) is 40.3 Å². The van der Waals surface area contributed by atoms with Crippen molar-refractivity contribution >= 4 is 28.2 Å². The molecular weight excluding hydrogens is 284 g/mol. The van der Waals surface area contributed by atoms with Crippen LogP contribution in [0.15, 0.2) is 30.8 Å². The topological polar surface area (TPSA) is 27.6 Å². The third-order valence-corrected chi connectivity index (χ3v) is 2.27. The highest BCUT2D eigenvalue weighted by molar-refractivity contribution is 14.1. The van der Waals surface area contributed by atoms with Crippen LogP contribution in [0.3, 0.4) is 0 Å². The smallest absolute Gasteiger partial charge is 0.0997 e. The van der Waals surface area contributed by atoms with Crippen LogP contribution in [0, 0.1) is 3.57 Å². The van der Waals surface area contributed by atoms with Crippen LogP contribution in [0.25, 0.3) is 5.57 Å². The van der Waals surface area contributed by atoms with Crippen LogP contribution < -0.4 is 18.1 Å². The van der Waals surface area contributed by atoms with Crippen molar-refractivity contribution in [1.82, 2.24) is 0 Å². The minimum absolute atomic E-state index is 0. The van der Waals surface area contributed by atoms with E-state index in [1.807, 2.05) is 0 Å². The summed E-state index contributed by atoms with van der Waals surface area (Å²) in [5.74, 6) is 0. The highest BCUT2D eigenvalue weighted by Crippen LogP contribution is 2.12. The Hall–Kier alpha value is -0.0600. The molecule has 0 saturated carbocycles. The summed E-state index contributed by atoms with van der Waals surface area (Å²) < 4.78 is 1.25. The average molecular weight is 296 g/mol. The lowest BCUT2D eigenvalue weighted by Crippen LogP contribution is -3.00. The predicted molar refractivity (Wildman–Crippen MR) is 55.9 cm³/mol. The molecule has 12 heavy (non-hydrogen) atoms. The van der Waals surface area contributed by atoms with E-state index in [2.05, 4.69) is 59.2 Å². The van der Waals surface area contributed by atoms with E-state index in [0.717, 1.165) is 12.1 Å². The molecule has 3 N–H and O–H groups in total. The van der Waals surface area contributed by atoms with Gasteiger partial charge in [-0.3, -0.25) is 0 Å². The van der Waals surface area contributed by atoms with E-state index in [4.69, 9.17) is 0 Å². The molecule has 0 atom stereocenters. The van der Waals surface area contributed by atoms with Gasteiger partial charge < -0.3 is 18.1 Å². The fraction of sp³-hybridized carbons (Fsp3) is 0.111. The maximum Gasteiger partial charge on any atom is 0.0997 e. The largest absolute Gasteiger partial charge is 1.00 e. The lowest BCUT2D eigenvalue weighted by molar-refractivity contribution is -0.349. The number of quaternary nitrogens is 1. The predicted octanol–water partition coefficient (Wildman–Crippen LogP) is -1.45. The Kier molecular flexibility index (Phi) is 5.53. The van der Waals surface area contributed by atoms with Crippen LogP contribution in [0.1, 0.15) is 5.56 Å². The molecule has 1 aromatic carbocycles. The first-order valence-corrected chi connectivity index (χ1v) is 4.55. The fourth-order valence-electron chi connectivity index (χ4n) is 0.830. The maximum absolute atomic E-state index is 3.91. The van der Waals surface area contributed by atoms with Crippen LogP contribution in [0.2, 0.25) is 0 Å². The van der Waals surface area contributed by atoms with Gasteiger partial charge in [0, 0.05) is 9.14 Å². The van der Waals surface area contributed by atoms with E-state index in [9.17, 15) is 0 Å². The Morgan fingerprint density at radius 3 is 2.25 bits per heavy atom. The molecule has 0 aliphatic carbocycles. The van der Waals surface area contributed by atoms with Crippen molar-refractivity contribution in [3.8, 4) is 0 Å². The molecule has 0 spiro atoms. The first-order chi connectivity index (χ1) is 5.24. The molecule has 0 heterocycles. The molecule has 0 unspecified atom stereocenters. The summed E-state index contributed by atoms with van der Waals surface area (Å²) in [5.41, 5.74) is 6.08. The number of hydrogen-bond donors (Lipinski definition) is 1. The van der Waals surface area contributed by atoms with Crippen LogP contribution in [-0.4, -0.2) is 6.54 Å². The molecule has 0 radical (unpaired) electrons. The van der Waals surface area contributed by atoms with Gasteiger partial charge in [0.1, 0.15) is 0 Å². The number of rotatable bonds is 2. The van der Waals surface area contributed by atoms with E-state index >= 15 is 0 Å². The number of benzene rings is 1. The second kappa shape index (κ2) is 5.56. The fourth-order valence-corrected chi connectivity index (χ4v) is 1.19. The summed E-state index contributed by atoms with van der Waals surface area (Å²) in [4.78, 5) is 0. The Morgan fingerprint density at radius 2 is 1.83 bits per heavy atom. The molecule has 3 heteroatoms. The van der Waals surface area contributed by atoms with Crippen LogP contribution in [0.5, 0.6) is 0 Å². The summed E-state index contributed by atoms with van der Waals surface area (Å²) in [6.07, 6.45) is 0. The second-order valence-corrected chi connectivity index (χ2v) is 3.61. The first kappa shape index (κ1) is 11.9. The van der Waals surface area contributed by atoms with E-state index in [-0.39, 0.29) is 12.4 Å². The molecular formula is C9H11ClIN. The summed E-state index contributed by atoms with van der Waals surface area (Å²) in [5, 5.41) is 0. The third kappa shape index (κ3) is 3.13. The average Bonchev–Trinajstić information content (AvgIpc) is 2.05. The van der Waals surface area contributed by atoms with Crippen LogP contribution in [0.4, 0.5) is 0 Å². The molecule has 0 amide bonds. The molecule has 66 valence electrons. The molecule has 0 fully saturated rings. The highest BCUT2D eigenvalue weighted by atomic mass is 127. The molecule has 0 saturated heterocycles. The number of hydrogen-bond acceptors (Lipinski definition) is 0. The van der Waals surface area contributed by atoms with Crippen molar-refractivity contribution in [2.45, 2.75) is 0 Å². The Labute approximate surface area is 92.6 Å². The van der Waals surface area contributed by atoms with E-state index < -0.39 is 0 Å². The number of halogens is 2. The molecule has 0 aromatic heterocycles. The quantitative estimate of drug-likeness (QED) is 0.647. The van der Waals surface area contributed by atoms with E-state index in [0.29, 0.717) is 0 Å². The van der Waals surface area contributed by atoms with E-state index in [1.165, 1.54) is 9.13 Å². The second-order valence-electron chi connectivity index (χ2n) is 2.36. The molecule has 0 aliphatic heterocycles. The summed E-state index contributed by atoms with van der Waals surface area (Å²) in [6, 6.07) is 8.32. The Bertz CT molecular complexity index is 256. The van der Waals surface area contributed by atoms with E-state index in [1.54, 1.807) is 0 Å². The zero-order valence-electron chi connectivity index (χ0n) is 6.69. The van der Waals surface area contributed by atoms with Gasteiger partial charge in [-0.2, -0.15) is 0 Å². The molecule has 1 aromatic rings. The lowest BCUT2D eigenvalue weighted by Gasteiger charge is -1.99. The summed E-state index contributed by atoms with van der Waals surface area (Å²) in [6.45, 7) is 4.69. The molecule has 1 rings (SSSR count). The van der Waals surface area contributed by atoms with Crippen molar-refractivity contribution in [2.24, 2.45) is 0 Å². The maximum atomic E-state index is 3.91. The monoisotopic (exact) mass is 295 g/mol. The highest BCUT2D eigenvalue weighted by Gasteiger charge is 1.96. The van der Waals surface area contributed by atoms with Gasteiger partial charge in [0.25, 0.3) is 0 Å². The third-order valence-electron chi connectivity index (χ3n) is 1.55. The SMILES string of the molecule is C=C(C[NH3+])c1ccc(I)cc1.[Cl-]. The summed E-state index contributed by atoms with van der Waals surface area (Å²) in [7, 11) is 0. The minimum atomic E-state index is 0.